The molecule has 6 heteroatoms. The van der Waals surface area contributed by atoms with Crippen molar-refractivity contribution in [2.45, 2.75) is 94.6 Å². The number of H-pyrrole nitrogens is 1. The number of aromatic nitrogens is 2. The number of aryl methyl sites for hydroxylation is 1. The van der Waals surface area contributed by atoms with Crippen molar-refractivity contribution in [2.24, 2.45) is 0 Å². The maximum atomic E-state index is 13.8. The highest BCUT2D eigenvalue weighted by atomic mass is 32.2. The molecule has 0 radical (unpaired) electrons. The molecule has 1 aromatic heterocycles. The molecule has 0 aliphatic carbocycles. The Morgan fingerprint density at radius 2 is 1.50 bits per heavy atom. The first-order valence-corrected chi connectivity index (χ1v) is 14.3. The lowest BCUT2D eigenvalue weighted by molar-refractivity contribution is 0.415. The predicted molar refractivity (Wildman–Crippen MR) is 140 cm³/mol. The zero-order chi connectivity index (χ0) is 24.4. The first kappa shape index (κ1) is 26.3. The number of rotatable bonds is 15. The molecule has 186 valence electrons. The number of nitrogens with zero attached hydrogens (tertiary/aromatic N) is 1. The van der Waals surface area contributed by atoms with Crippen molar-refractivity contribution in [3.05, 3.63) is 53.7 Å². The fourth-order valence-electron chi connectivity index (χ4n) is 4.55. The molecule has 0 aliphatic rings. The molecule has 0 bridgehead atoms. The van der Waals surface area contributed by atoms with Crippen LogP contribution in [-0.4, -0.2) is 25.7 Å². The van der Waals surface area contributed by atoms with Crippen LogP contribution in [0.25, 0.3) is 10.9 Å². The highest BCUT2D eigenvalue weighted by Crippen LogP contribution is 2.37. The molecule has 3 rings (SSSR count). The topological polar surface area (TPSA) is 72.0 Å². The minimum Gasteiger partial charge on any atom is -0.497 e. The van der Waals surface area contributed by atoms with E-state index in [4.69, 9.17) is 4.74 Å². The normalized spacial score (nSPS) is 12.8. The van der Waals surface area contributed by atoms with Crippen molar-refractivity contribution in [3.63, 3.8) is 0 Å². The maximum absolute atomic E-state index is 13.8. The Kier molecular flexibility index (Phi) is 10.00. The van der Waals surface area contributed by atoms with Crippen molar-refractivity contribution >= 4 is 20.7 Å². The average Bonchev–Trinajstić information content (AvgIpc) is 3.25. The Balaban J connectivity index is 1.72. The molecule has 1 atom stereocenters. The number of methoxy groups -OCH3 is 1. The smallest absolute Gasteiger partial charge is 0.186 e. The Morgan fingerprint density at radius 1 is 0.882 bits per heavy atom. The third-order valence-electron chi connectivity index (χ3n) is 6.66. The highest BCUT2D eigenvalue weighted by Gasteiger charge is 2.31. The van der Waals surface area contributed by atoms with Crippen molar-refractivity contribution in [1.29, 1.82) is 0 Å². The number of nitrogens with one attached hydrogen (secondary N) is 1. The zero-order valence-electron chi connectivity index (χ0n) is 21.0. The molecule has 0 saturated carbocycles. The fraction of sp³-hybridized carbons (Fsp3) is 0.536. The van der Waals surface area contributed by atoms with Gasteiger partial charge in [0.15, 0.2) is 9.84 Å². The standard InChI is InChI=1S/C28H40N2O3S/c1-4-5-6-7-8-9-10-11-12-13-14-27(34(31,32)24-18-15-22(2)16-19-24)28-25-21-23(33-3)17-20-26(25)29-30-28/h15-21,27H,4-14H2,1-3H3,(H,29,30). The number of fused-ring (bicyclic) bond motifs is 1. The van der Waals surface area contributed by atoms with E-state index in [9.17, 15) is 8.42 Å². The lowest BCUT2D eigenvalue weighted by Crippen LogP contribution is -2.15. The highest BCUT2D eigenvalue weighted by molar-refractivity contribution is 7.91. The van der Waals surface area contributed by atoms with Gasteiger partial charge in [0.25, 0.3) is 0 Å². The summed E-state index contributed by atoms with van der Waals surface area (Å²) in [4.78, 5) is 0.362. The molecule has 1 heterocycles. The van der Waals surface area contributed by atoms with E-state index in [0.29, 0.717) is 22.8 Å². The van der Waals surface area contributed by atoms with Crippen LogP contribution in [0.3, 0.4) is 0 Å². The number of hydrogen-bond acceptors (Lipinski definition) is 4. The summed E-state index contributed by atoms with van der Waals surface area (Å²) in [6.07, 6.45) is 12.8. The summed E-state index contributed by atoms with van der Waals surface area (Å²) in [6.45, 7) is 4.21. The quantitative estimate of drug-likeness (QED) is 0.224. The third kappa shape index (κ3) is 6.84. The molecule has 3 aromatic rings. The van der Waals surface area contributed by atoms with E-state index in [1.54, 1.807) is 19.2 Å². The number of sulfone groups is 1. The molecule has 1 N–H and O–H groups in total. The average molecular weight is 485 g/mol. The van der Waals surface area contributed by atoms with Gasteiger partial charge in [0.1, 0.15) is 11.0 Å². The summed E-state index contributed by atoms with van der Waals surface area (Å²) in [5.41, 5.74) is 2.45. The molecule has 1 unspecified atom stereocenters. The van der Waals surface area contributed by atoms with Crippen LogP contribution in [-0.2, 0) is 9.84 Å². The maximum Gasteiger partial charge on any atom is 0.186 e. The van der Waals surface area contributed by atoms with E-state index >= 15 is 0 Å². The van der Waals surface area contributed by atoms with Crippen LogP contribution in [0.5, 0.6) is 5.75 Å². The fourth-order valence-corrected chi connectivity index (χ4v) is 6.36. The van der Waals surface area contributed by atoms with Gasteiger partial charge in [0.2, 0.25) is 0 Å². The number of aromatic amines is 1. The van der Waals surface area contributed by atoms with E-state index in [1.807, 2.05) is 37.3 Å². The van der Waals surface area contributed by atoms with Gasteiger partial charge in [-0.05, 0) is 43.7 Å². The SMILES string of the molecule is CCCCCCCCCCCCC(c1[nH]nc2ccc(OC)cc12)S(=O)(=O)c1ccc(C)cc1. The molecule has 0 fully saturated rings. The third-order valence-corrected chi connectivity index (χ3v) is 8.81. The van der Waals surface area contributed by atoms with E-state index in [2.05, 4.69) is 17.1 Å². The van der Waals surface area contributed by atoms with E-state index in [0.717, 1.165) is 35.7 Å². The number of unbranched alkanes of at least 4 members (excludes halogenated alkanes) is 9. The van der Waals surface area contributed by atoms with Crippen molar-refractivity contribution in [3.8, 4) is 5.75 Å². The van der Waals surface area contributed by atoms with Gasteiger partial charge in [-0.3, -0.25) is 5.10 Å². The monoisotopic (exact) mass is 484 g/mol. The van der Waals surface area contributed by atoms with Crippen molar-refractivity contribution in [2.75, 3.05) is 7.11 Å². The van der Waals surface area contributed by atoms with Gasteiger partial charge in [0, 0.05) is 5.39 Å². The van der Waals surface area contributed by atoms with Gasteiger partial charge in [0.05, 0.1) is 23.2 Å². The van der Waals surface area contributed by atoms with Gasteiger partial charge in [-0.1, -0.05) is 88.8 Å². The molecule has 34 heavy (non-hydrogen) atoms. The summed E-state index contributed by atoms with van der Waals surface area (Å²) in [7, 11) is -1.96. The van der Waals surface area contributed by atoms with E-state index in [-0.39, 0.29) is 0 Å². The molecule has 0 spiro atoms. The zero-order valence-corrected chi connectivity index (χ0v) is 21.8. The van der Waals surface area contributed by atoms with Gasteiger partial charge in [-0.2, -0.15) is 5.10 Å². The Morgan fingerprint density at radius 3 is 2.12 bits per heavy atom. The second kappa shape index (κ2) is 12.9. The van der Waals surface area contributed by atoms with E-state index in [1.165, 1.54) is 44.9 Å². The number of benzene rings is 2. The molecule has 2 aromatic carbocycles. The van der Waals surface area contributed by atoms with Crippen molar-refractivity contribution < 1.29 is 13.2 Å². The second-order valence-electron chi connectivity index (χ2n) is 9.34. The van der Waals surface area contributed by atoms with Crippen LogP contribution in [0, 0.1) is 6.92 Å². The Bertz CT molecular complexity index is 1120. The molecule has 0 amide bonds. The van der Waals surface area contributed by atoms with Gasteiger partial charge in [-0.15, -0.1) is 0 Å². The summed E-state index contributed by atoms with van der Waals surface area (Å²) in [5, 5.41) is 7.59. The van der Waals surface area contributed by atoms with Gasteiger partial charge >= 0.3 is 0 Å². The summed E-state index contributed by atoms with van der Waals surface area (Å²) in [6, 6.07) is 12.7. The van der Waals surface area contributed by atoms with E-state index < -0.39 is 15.1 Å². The molecule has 5 nitrogen and oxygen atoms in total. The lowest BCUT2D eigenvalue weighted by Gasteiger charge is -2.17. The van der Waals surface area contributed by atoms with Crippen LogP contribution < -0.4 is 4.74 Å². The summed E-state index contributed by atoms with van der Waals surface area (Å²) >= 11 is 0. The molecular weight excluding hydrogens is 444 g/mol. The molecule has 0 saturated heterocycles. The first-order valence-electron chi connectivity index (χ1n) is 12.8. The van der Waals surface area contributed by atoms with Gasteiger partial charge in [-0.25, -0.2) is 8.42 Å². The minimum atomic E-state index is -3.57. The van der Waals surface area contributed by atoms with Crippen LogP contribution in [0.4, 0.5) is 0 Å². The van der Waals surface area contributed by atoms with Crippen LogP contribution in [0.2, 0.25) is 0 Å². The number of hydrogen-bond donors (Lipinski definition) is 1. The Labute approximate surface area is 205 Å². The minimum absolute atomic E-state index is 0.362. The predicted octanol–water partition coefficient (Wildman–Crippen LogP) is 7.71. The van der Waals surface area contributed by atoms with Crippen LogP contribution in [0.15, 0.2) is 47.4 Å². The first-order chi connectivity index (χ1) is 16.5. The van der Waals surface area contributed by atoms with Crippen LogP contribution >= 0.6 is 0 Å². The Hall–Kier alpha value is -2.34. The van der Waals surface area contributed by atoms with Crippen molar-refractivity contribution in [1.82, 2.24) is 10.2 Å². The summed E-state index contributed by atoms with van der Waals surface area (Å²) < 4.78 is 32.9. The largest absolute Gasteiger partial charge is 0.497 e. The second-order valence-corrected chi connectivity index (χ2v) is 11.5. The number of ether oxygens (including phenoxy) is 1. The molecular formula is C28H40N2O3S. The lowest BCUT2D eigenvalue weighted by atomic mass is 10.0. The summed E-state index contributed by atoms with van der Waals surface area (Å²) in [5.74, 6) is 0.695. The van der Waals surface area contributed by atoms with Crippen LogP contribution in [0.1, 0.15) is 94.1 Å². The molecule has 0 aliphatic heterocycles. The van der Waals surface area contributed by atoms with Gasteiger partial charge < -0.3 is 4.74 Å².